The summed E-state index contributed by atoms with van der Waals surface area (Å²) < 4.78 is 13.1. The van der Waals surface area contributed by atoms with Crippen LogP contribution in [0.25, 0.3) is 0 Å². The fraction of sp³-hybridized carbons (Fsp3) is 0.417. The Morgan fingerprint density at radius 1 is 1.47 bits per heavy atom. The normalized spacial score (nSPS) is 12.0. The molecule has 17 heavy (non-hydrogen) atoms. The third-order valence-electron chi connectivity index (χ3n) is 2.35. The lowest BCUT2D eigenvalue weighted by atomic mass is 10.2. The van der Waals surface area contributed by atoms with Gasteiger partial charge in [-0.05, 0) is 37.1 Å². The number of aryl methyl sites for hydroxylation is 1. The Hall–Kier alpha value is -1.62. The zero-order chi connectivity index (χ0) is 12.8. The van der Waals surface area contributed by atoms with Gasteiger partial charge in [0, 0.05) is 5.69 Å². The number of hydrogen-bond donors (Lipinski definition) is 3. The highest BCUT2D eigenvalue weighted by molar-refractivity contribution is 5.89. The molecule has 1 unspecified atom stereocenters. The first-order valence-corrected chi connectivity index (χ1v) is 5.50. The van der Waals surface area contributed by atoms with E-state index in [1.54, 1.807) is 13.0 Å². The number of benzene rings is 1. The molecule has 2 amide bonds. The number of anilines is 1. The van der Waals surface area contributed by atoms with Crippen LogP contribution >= 0.6 is 0 Å². The summed E-state index contributed by atoms with van der Waals surface area (Å²) in [5.41, 5.74) is 1.13. The number of hydrogen-bond acceptors (Lipinski definition) is 2. The first-order chi connectivity index (χ1) is 8.05. The predicted octanol–water partition coefficient (Wildman–Crippen LogP) is 2.03. The largest absolute Gasteiger partial charge is 0.394 e. The van der Waals surface area contributed by atoms with E-state index in [9.17, 15) is 9.18 Å². The van der Waals surface area contributed by atoms with Crippen LogP contribution in [0, 0.1) is 12.7 Å². The molecule has 0 radical (unpaired) electrons. The second-order valence-corrected chi connectivity index (χ2v) is 3.90. The molecular formula is C12H17FN2O2. The fourth-order valence-electron chi connectivity index (χ4n) is 1.44. The minimum atomic E-state index is -0.448. The van der Waals surface area contributed by atoms with Crippen molar-refractivity contribution >= 4 is 11.7 Å². The van der Waals surface area contributed by atoms with Gasteiger partial charge in [-0.2, -0.15) is 0 Å². The maximum atomic E-state index is 13.1. The Morgan fingerprint density at radius 2 is 2.18 bits per heavy atom. The molecule has 0 aliphatic carbocycles. The van der Waals surface area contributed by atoms with Crippen molar-refractivity contribution in [1.29, 1.82) is 0 Å². The van der Waals surface area contributed by atoms with Gasteiger partial charge in [0.2, 0.25) is 0 Å². The molecule has 1 atom stereocenters. The van der Waals surface area contributed by atoms with E-state index in [0.717, 1.165) is 5.56 Å². The van der Waals surface area contributed by atoms with Crippen molar-refractivity contribution < 1.29 is 14.3 Å². The van der Waals surface area contributed by atoms with Crippen LogP contribution in [-0.4, -0.2) is 23.8 Å². The van der Waals surface area contributed by atoms with Crippen LogP contribution in [0.1, 0.15) is 18.9 Å². The second kappa shape index (κ2) is 6.20. The molecule has 0 saturated carbocycles. The highest BCUT2D eigenvalue weighted by atomic mass is 19.1. The van der Waals surface area contributed by atoms with E-state index < -0.39 is 11.8 Å². The first kappa shape index (κ1) is 13.4. The molecule has 0 fully saturated rings. The summed E-state index contributed by atoms with van der Waals surface area (Å²) in [4.78, 5) is 11.5. The predicted molar refractivity (Wildman–Crippen MR) is 64.5 cm³/mol. The highest BCUT2D eigenvalue weighted by Crippen LogP contribution is 2.13. The van der Waals surface area contributed by atoms with Gasteiger partial charge in [-0.15, -0.1) is 0 Å². The van der Waals surface area contributed by atoms with Gasteiger partial charge in [-0.3, -0.25) is 0 Å². The van der Waals surface area contributed by atoms with Crippen molar-refractivity contribution in [2.24, 2.45) is 0 Å². The molecule has 0 aliphatic rings. The maximum Gasteiger partial charge on any atom is 0.319 e. The second-order valence-electron chi connectivity index (χ2n) is 3.90. The van der Waals surface area contributed by atoms with Crippen LogP contribution in [0.5, 0.6) is 0 Å². The minimum absolute atomic E-state index is 0.119. The molecule has 0 aromatic heterocycles. The summed E-state index contributed by atoms with van der Waals surface area (Å²) in [5, 5.41) is 14.0. The standard InChI is InChI=1S/C12H17FN2O2/c1-3-10(7-16)14-12(17)15-11-5-8(2)4-9(13)6-11/h4-6,10,16H,3,7H2,1-2H3,(H2,14,15,17). The smallest absolute Gasteiger partial charge is 0.319 e. The van der Waals surface area contributed by atoms with Crippen molar-refractivity contribution in [3.05, 3.63) is 29.6 Å². The lowest BCUT2D eigenvalue weighted by molar-refractivity contribution is 0.222. The quantitative estimate of drug-likeness (QED) is 0.754. The van der Waals surface area contributed by atoms with Crippen LogP contribution in [0.3, 0.4) is 0 Å². The Kier molecular flexibility index (Phi) is 4.90. The average Bonchev–Trinajstić information content (AvgIpc) is 2.24. The number of carbonyl (C=O) groups is 1. The van der Waals surface area contributed by atoms with E-state index in [2.05, 4.69) is 10.6 Å². The number of rotatable bonds is 4. The number of aliphatic hydroxyl groups is 1. The minimum Gasteiger partial charge on any atom is -0.394 e. The van der Waals surface area contributed by atoms with Crippen molar-refractivity contribution in [3.63, 3.8) is 0 Å². The SMILES string of the molecule is CCC(CO)NC(=O)Nc1cc(C)cc(F)c1. The molecule has 5 heteroatoms. The van der Waals surface area contributed by atoms with E-state index in [0.29, 0.717) is 12.1 Å². The van der Waals surface area contributed by atoms with E-state index in [1.165, 1.54) is 12.1 Å². The molecule has 1 aromatic rings. The molecule has 3 N–H and O–H groups in total. The lowest BCUT2D eigenvalue weighted by Crippen LogP contribution is -2.39. The number of amides is 2. The van der Waals surface area contributed by atoms with Gasteiger partial charge in [-0.1, -0.05) is 6.92 Å². The summed E-state index contributed by atoms with van der Waals surface area (Å²) in [7, 11) is 0. The average molecular weight is 240 g/mol. The summed E-state index contributed by atoms with van der Waals surface area (Å²) >= 11 is 0. The molecule has 1 rings (SSSR count). The van der Waals surface area contributed by atoms with Gasteiger partial charge in [0.15, 0.2) is 0 Å². The number of nitrogens with one attached hydrogen (secondary N) is 2. The zero-order valence-corrected chi connectivity index (χ0v) is 9.96. The van der Waals surface area contributed by atoms with Crippen LogP contribution in [0.4, 0.5) is 14.9 Å². The number of aliphatic hydroxyl groups excluding tert-OH is 1. The molecule has 94 valence electrons. The van der Waals surface area contributed by atoms with Crippen LogP contribution in [0.15, 0.2) is 18.2 Å². The van der Waals surface area contributed by atoms with E-state index >= 15 is 0 Å². The first-order valence-electron chi connectivity index (χ1n) is 5.50. The van der Waals surface area contributed by atoms with Gasteiger partial charge in [-0.25, -0.2) is 9.18 Å². The van der Waals surface area contributed by atoms with Gasteiger partial charge in [0.1, 0.15) is 5.82 Å². The monoisotopic (exact) mass is 240 g/mol. The summed E-state index contributed by atoms with van der Waals surface area (Å²) in [6.07, 6.45) is 0.631. The summed E-state index contributed by atoms with van der Waals surface area (Å²) in [6.45, 7) is 3.48. The summed E-state index contributed by atoms with van der Waals surface area (Å²) in [6, 6.07) is 3.56. The molecular weight excluding hydrogens is 223 g/mol. The van der Waals surface area contributed by atoms with Crippen molar-refractivity contribution in [3.8, 4) is 0 Å². The molecule has 0 heterocycles. The van der Waals surface area contributed by atoms with Crippen molar-refractivity contribution in [2.75, 3.05) is 11.9 Å². The molecule has 4 nitrogen and oxygen atoms in total. The van der Waals surface area contributed by atoms with E-state index in [4.69, 9.17) is 5.11 Å². The molecule has 0 aliphatic heterocycles. The Balaban J connectivity index is 2.61. The zero-order valence-electron chi connectivity index (χ0n) is 9.96. The molecule has 0 saturated heterocycles. The van der Waals surface area contributed by atoms with Gasteiger partial charge in [0.25, 0.3) is 0 Å². The maximum absolute atomic E-state index is 13.1. The Morgan fingerprint density at radius 3 is 2.71 bits per heavy atom. The van der Waals surface area contributed by atoms with Gasteiger partial charge >= 0.3 is 6.03 Å². The van der Waals surface area contributed by atoms with E-state index in [1.807, 2.05) is 6.92 Å². The molecule has 0 spiro atoms. The van der Waals surface area contributed by atoms with Crippen LogP contribution < -0.4 is 10.6 Å². The third kappa shape index (κ3) is 4.40. The third-order valence-corrected chi connectivity index (χ3v) is 2.35. The van der Waals surface area contributed by atoms with Crippen LogP contribution in [-0.2, 0) is 0 Å². The van der Waals surface area contributed by atoms with Gasteiger partial charge < -0.3 is 15.7 Å². The Bertz CT molecular complexity index is 372. The summed E-state index contributed by atoms with van der Waals surface area (Å²) in [5.74, 6) is -0.394. The fourth-order valence-corrected chi connectivity index (χ4v) is 1.44. The van der Waals surface area contributed by atoms with Crippen molar-refractivity contribution in [1.82, 2.24) is 5.32 Å². The Labute approximate surface area is 99.8 Å². The van der Waals surface area contributed by atoms with Gasteiger partial charge in [0.05, 0.1) is 12.6 Å². The molecule has 1 aromatic carbocycles. The highest BCUT2D eigenvalue weighted by Gasteiger charge is 2.09. The lowest BCUT2D eigenvalue weighted by Gasteiger charge is -2.14. The molecule has 0 bridgehead atoms. The topological polar surface area (TPSA) is 61.4 Å². The number of urea groups is 1. The number of carbonyl (C=O) groups excluding carboxylic acids is 1. The number of halogens is 1. The van der Waals surface area contributed by atoms with Crippen molar-refractivity contribution in [2.45, 2.75) is 26.3 Å². The van der Waals surface area contributed by atoms with Crippen LogP contribution in [0.2, 0.25) is 0 Å². The van der Waals surface area contributed by atoms with E-state index in [-0.39, 0.29) is 12.6 Å².